The first kappa shape index (κ1) is 8.12. The van der Waals surface area contributed by atoms with Crippen LogP contribution in [0.3, 0.4) is 0 Å². The van der Waals surface area contributed by atoms with Gasteiger partial charge >= 0.3 is 0 Å². The van der Waals surface area contributed by atoms with Crippen molar-refractivity contribution in [1.82, 2.24) is 9.97 Å². The van der Waals surface area contributed by atoms with Crippen molar-refractivity contribution in [2.75, 3.05) is 5.73 Å². The average molecular weight is 195 g/mol. The summed E-state index contributed by atoms with van der Waals surface area (Å²) in [4.78, 5) is 7.81. The summed E-state index contributed by atoms with van der Waals surface area (Å²) in [6, 6.07) is 2.88. The van der Waals surface area contributed by atoms with E-state index in [1.807, 2.05) is 0 Å². The Hall–Kier alpha value is -1.49. The van der Waals surface area contributed by atoms with Crippen LogP contribution in [0.4, 0.5) is 9.52 Å². The van der Waals surface area contributed by atoms with Gasteiger partial charge in [-0.05, 0) is 12.1 Å². The Balaban J connectivity index is 2.52. The van der Waals surface area contributed by atoms with Gasteiger partial charge in [-0.25, -0.2) is 9.37 Å². The van der Waals surface area contributed by atoms with E-state index in [1.165, 1.54) is 29.7 Å². The van der Waals surface area contributed by atoms with Gasteiger partial charge < -0.3 is 5.73 Å². The van der Waals surface area contributed by atoms with Gasteiger partial charge in [0, 0.05) is 11.6 Å². The molecule has 0 aliphatic heterocycles. The highest BCUT2D eigenvalue weighted by Crippen LogP contribution is 2.22. The lowest BCUT2D eigenvalue weighted by atomic mass is 10.3. The molecule has 0 atom stereocenters. The van der Waals surface area contributed by atoms with Crippen LogP contribution in [0.1, 0.15) is 0 Å². The quantitative estimate of drug-likeness (QED) is 0.756. The Morgan fingerprint density at radius 1 is 1.46 bits per heavy atom. The molecule has 3 nitrogen and oxygen atoms in total. The Morgan fingerprint density at radius 3 is 2.92 bits per heavy atom. The number of anilines is 1. The van der Waals surface area contributed by atoms with Crippen LogP contribution in [-0.4, -0.2) is 9.97 Å². The van der Waals surface area contributed by atoms with Crippen molar-refractivity contribution in [3.63, 3.8) is 0 Å². The first-order chi connectivity index (χ1) is 6.27. The van der Waals surface area contributed by atoms with E-state index in [-0.39, 0.29) is 11.5 Å². The fourth-order valence-electron chi connectivity index (χ4n) is 0.971. The summed E-state index contributed by atoms with van der Waals surface area (Å²) in [5.41, 5.74) is 6.16. The van der Waals surface area contributed by atoms with Crippen molar-refractivity contribution in [1.29, 1.82) is 0 Å². The Morgan fingerprint density at radius 2 is 2.31 bits per heavy atom. The molecule has 0 aliphatic rings. The van der Waals surface area contributed by atoms with Gasteiger partial charge in [-0.3, -0.25) is 4.98 Å². The summed E-state index contributed by atoms with van der Waals surface area (Å²) in [7, 11) is 0. The minimum Gasteiger partial charge on any atom is -0.375 e. The maximum Gasteiger partial charge on any atom is 0.180 e. The molecule has 5 heteroatoms. The number of nitrogen functional groups attached to an aromatic ring is 1. The molecule has 2 aromatic rings. The van der Waals surface area contributed by atoms with Crippen molar-refractivity contribution >= 4 is 16.5 Å². The first-order valence-corrected chi connectivity index (χ1v) is 4.47. The molecule has 0 unspecified atom stereocenters. The Labute approximate surface area is 78.1 Å². The molecule has 2 heterocycles. The molecule has 0 bridgehead atoms. The third-order valence-electron chi connectivity index (χ3n) is 1.52. The molecular weight excluding hydrogens is 189 g/mol. The summed E-state index contributed by atoms with van der Waals surface area (Å²) in [6.07, 6.45) is 1.52. The molecule has 0 saturated carbocycles. The maximum atomic E-state index is 13.1. The summed E-state index contributed by atoms with van der Waals surface area (Å²) in [6.45, 7) is 0. The number of rotatable bonds is 1. The SMILES string of the molecule is Nc1nc(-c2ncccc2F)cs1. The smallest absolute Gasteiger partial charge is 0.180 e. The number of thiazole rings is 1. The molecule has 2 rings (SSSR count). The molecule has 0 fully saturated rings. The molecule has 0 aliphatic carbocycles. The lowest BCUT2D eigenvalue weighted by Crippen LogP contribution is -1.89. The highest BCUT2D eigenvalue weighted by molar-refractivity contribution is 7.13. The lowest BCUT2D eigenvalue weighted by Gasteiger charge is -1.95. The number of hydrogen-bond acceptors (Lipinski definition) is 4. The molecule has 0 saturated heterocycles. The molecule has 0 aromatic carbocycles. The lowest BCUT2D eigenvalue weighted by molar-refractivity contribution is 0.625. The van der Waals surface area contributed by atoms with Gasteiger partial charge in [0.05, 0.1) is 0 Å². The first-order valence-electron chi connectivity index (χ1n) is 3.59. The number of aromatic nitrogens is 2. The fraction of sp³-hybridized carbons (Fsp3) is 0. The van der Waals surface area contributed by atoms with Crippen LogP contribution < -0.4 is 5.73 Å². The zero-order valence-corrected chi connectivity index (χ0v) is 7.38. The second-order valence-electron chi connectivity index (χ2n) is 2.40. The third-order valence-corrected chi connectivity index (χ3v) is 2.20. The normalized spacial score (nSPS) is 10.2. The summed E-state index contributed by atoms with van der Waals surface area (Å²) in [5.74, 6) is -0.382. The van der Waals surface area contributed by atoms with Gasteiger partial charge in [0.1, 0.15) is 11.4 Å². The van der Waals surface area contributed by atoms with Gasteiger partial charge in [-0.15, -0.1) is 11.3 Å². The Kier molecular flexibility index (Phi) is 1.94. The van der Waals surface area contributed by atoms with Crippen molar-refractivity contribution in [2.24, 2.45) is 0 Å². The average Bonchev–Trinajstić information content (AvgIpc) is 2.53. The van der Waals surface area contributed by atoms with Gasteiger partial charge in [-0.1, -0.05) is 0 Å². The zero-order valence-electron chi connectivity index (χ0n) is 6.57. The van der Waals surface area contributed by atoms with Crippen LogP contribution in [0.2, 0.25) is 0 Å². The largest absolute Gasteiger partial charge is 0.375 e. The summed E-state index contributed by atoms with van der Waals surface area (Å²) >= 11 is 1.27. The van der Waals surface area contributed by atoms with Gasteiger partial charge in [-0.2, -0.15) is 0 Å². The van der Waals surface area contributed by atoms with Crippen LogP contribution >= 0.6 is 11.3 Å². The highest BCUT2D eigenvalue weighted by atomic mass is 32.1. The highest BCUT2D eigenvalue weighted by Gasteiger charge is 2.08. The summed E-state index contributed by atoms with van der Waals surface area (Å²) < 4.78 is 13.1. The predicted molar refractivity (Wildman–Crippen MR) is 49.7 cm³/mol. The van der Waals surface area contributed by atoms with E-state index in [1.54, 1.807) is 5.38 Å². The third kappa shape index (κ3) is 1.50. The molecule has 0 spiro atoms. The Bertz CT molecular complexity index is 427. The number of nitrogens with zero attached hydrogens (tertiary/aromatic N) is 2. The van der Waals surface area contributed by atoms with Crippen LogP contribution in [-0.2, 0) is 0 Å². The number of hydrogen-bond donors (Lipinski definition) is 1. The standard InChI is InChI=1S/C8H6FN3S/c9-5-2-1-3-11-7(5)6-4-13-8(10)12-6/h1-4H,(H2,10,12). The van der Waals surface area contributed by atoms with Gasteiger partial charge in [0.15, 0.2) is 10.9 Å². The van der Waals surface area contributed by atoms with E-state index < -0.39 is 0 Å². The monoisotopic (exact) mass is 195 g/mol. The van der Waals surface area contributed by atoms with E-state index in [9.17, 15) is 4.39 Å². The molecule has 2 N–H and O–H groups in total. The van der Waals surface area contributed by atoms with Crippen LogP contribution in [0, 0.1) is 5.82 Å². The molecule has 0 amide bonds. The van der Waals surface area contributed by atoms with E-state index in [2.05, 4.69) is 9.97 Å². The molecular formula is C8H6FN3S. The minimum atomic E-state index is -0.382. The molecule has 66 valence electrons. The molecule has 2 aromatic heterocycles. The minimum absolute atomic E-state index is 0.246. The van der Waals surface area contributed by atoms with E-state index in [0.717, 1.165) is 0 Å². The van der Waals surface area contributed by atoms with E-state index >= 15 is 0 Å². The van der Waals surface area contributed by atoms with Gasteiger partial charge in [0.2, 0.25) is 0 Å². The maximum absolute atomic E-state index is 13.1. The fourth-order valence-corrected chi connectivity index (χ4v) is 1.52. The van der Waals surface area contributed by atoms with Gasteiger partial charge in [0.25, 0.3) is 0 Å². The van der Waals surface area contributed by atoms with E-state index in [4.69, 9.17) is 5.73 Å². The van der Waals surface area contributed by atoms with Crippen molar-refractivity contribution in [3.05, 3.63) is 29.5 Å². The van der Waals surface area contributed by atoms with Crippen molar-refractivity contribution in [3.8, 4) is 11.4 Å². The molecule has 13 heavy (non-hydrogen) atoms. The van der Waals surface area contributed by atoms with Crippen LogP contribution in [0.25, 0.3) is 11.4 Å². The van der Waals surface area contributed by atoms with Crippen LogP contribution in [0.5, 0.6) is 0 Å². The number of nitrogens with two attached hydrogens (primary N) is 1. The second kappa shape index (κ2) is 3.10. The number of pyridine rings is 1. The second-order valence-corrected chi connectivity index (χ2v) is 3.29. The van der Waals surface area contributed by atoms with Crippen LogP contribution in [0.15, 0.2) is 23.7 Å². The molecule has 0 radical (unpaired) electrons. The topological polar surface area (TPSA) is 51.8 Å². The number of halogens is 1. The van der Waals surface area contributed by atoms with Crippen molar-refractivity contribution < 1.29 is 4.39 Å². The zero-order chi connectivity index (χ0) is 9.26. The predicted octanol–water partition coefficient (Wildman–Crippen LogP) is 1.93. The van der Waals surface area contributed by atoms with E-state index in [0.29, 0.717) is 10.8 Å². The summed E-state index contributed by atoms with van der Waals surface area (Å²) in [5, 5.41) is 2.10. The van der Waals surface area contributed by atoms with Crippen molar-refractivity contribution in [2.45, 2.75) is 0 Å².